The van der Waals surface area contributed by atoms with Crippen LogP contribution in [0.1, 0.15) is 93.7 Å². The third-order valence-corrected chi connectivity index (χ3v) is 9.45. The SMILES string of the molecule is C[C@H](NC(=O)c1cncs1)[C@H](Oc1ccc(C(=O)O)c([C@@H]2CCCN(C(=O)[C@H]3COC(=O)C3)C2)c1)c1ccc(C2CC2)cc1. The number of carboxylic acids is 1. The second-order valence-electron chi connectivity index (χ2n) is 11.9. The van der Waals surface area contributed by atoms with Gasteiger partial charge in [-0.1, -0.05) is 24.3 Å². The molecule has 1 aromatic heterocycles. The minimum Gasteiger partial charge on any atom is -0.484 e. The van der Waals surface area contributed by atoms with Crippen LogP contribution < -0.4 is 10.1 Å². The summed E-state index contributed by atoms with van der Waals surface area (Å²) in [7, 11) is 0. The third-order valence-electron chi connectivity index (χ3n) is 8.68. The number of carbonyl (C=O) groups excluding carboxylic acids is 3. The molecule has 0 bridgehead atoms. The van der Waals surface area contributed by atoms with E-state index in [1.54, 1.807) is 28.6 Å². The number of ether oxygens (including phenoxy) is 2. The number of cyclic esters (lactones) is 1. The first kappa shape index (κ1) is 29.8. The van der Waals surface area contributed by atoms with Crippen molar-refractivity contribution in [1.29, 1.82) is 0 Å². The zero-order chi connectivity index (χ0) is 30.8. The molecule has 2 N–H and O–H groups in total. The number of carbonyl (C=O) groups is 4. The fourth-order valence-corrected chi connectivity index (χ4v) is 6.69. The van der Waals surface area contributed by atoms with E-state index in [1.807, 2.05) is 19.1 Å². The maximum Gasteiger partial charge on any atom is 0.335 e. The highest BCUT2D eigenvalue weighted by molar-refractivity contribution is 7.11. The number of rotatable bonds is 10. The lowest BCUT2D eigenvalue weighted by molar-refractivity contribution is -0.138. The van der Waals surface area contributed by atoms with Crippen LogP contribution >= 0.6 is 11.3 Å². The zero-order valence-corrected chi connectivity index (χ0v) is 25.3. The van der Waals surface area contributed by atoms with Crippen molar-refractivity contribution in [3.63, 3.8) is 0 Å². The van der Waals surface area contributed by atoms with Gasteiger partial charge in [0.2, 0.25) is 5.91 Å². The van der Waals surface area contributed by atoms with E-state index < -0.39 is 24.0 Å². The standard InChI is InChI=1S/C33H35N3O7S/c1-19(35-31(38)28-15-34-18-44-28)30(22-8-6-21(7-9-22)20-4-5-20)43-25-10-11-26(33(40)41)27(14-25)23-3-2-12-36(16-23)32(39)24-13-29(37)42-17-24/h6-11,14-15,18-20,23-24,30H,2-5,12-13,16-17H2,1H3,(H,35,38)(H,40,41)/t19-,23+,24+,30-/m0/s1. The summed E-state index contributed by atoms with van der Waals surface area (Å²) in [5.74, 6) is -1.45. The fourth-order valence-electron chi connectivity index (χ4n) is 6.17. The number of aromatic nitrogens is 1. The molecule has 3 fully saturated rings. The van der Waals surface area contributed by atoms with Crippen LogP contribution in [0, 0.1) is 5.92 Å². The average molecular weight is 618 g/mol. The van der Waals surface area contributed by atoms with Crippen LogP contribution in [0.25, 0.3) is 0 Å². The van der Waals surface area contributed by atoms with Gasteiger partial charge >= 0.3 is 11.9 Å². The van der Waals surface area contributed by atoms with Gasteiger partial charge < -0.3 is 24.8 Å². The summed E-state index contributed by atoms with van der Waals surface area (Å²) in [5, 5.41) is 13.1. The second kappa shape index (κ2) is 12.8. The number of hydrogen-bond acceptors (Lipinski definition) is 8. The highest BCUT2D eigenvalue weighted by atomic mass is 32.1. The number of thiazole rings is 1. The largest absolute Gasteiger partial charge is 0.484 e. The molecule has 1 aliphatic carbocycles. The molecule has 3 heterocycles. The van der Waals surface area contributed by atoms with E-state index in [-0.39, 0.29) is 42.3 Å². The van der Waals surface area contributed by atoms with Gasteiger partial charge in [0.15, 0.2) is 0 Å². The summed E-state index contributed by atoms with van der Waals surface area (Å²) in [4.78, 5) is 56.2. The molecule has 0 radical (unpaired) electrons. The molecular weight excluding hydrogens is 582 g/mol. The Labute approximate surface area is 259 Å². The lowest BCUT2D eigenvalue weighted by Crippen LogP contribution is -2.42. The van der Waals surface area contributed by atoms with E-state index in [2.05, 4.69) is 22.4 Å². The molecule has 11 heteroatoms. The number of esters is 1. The second-order valence-corrected chi connectivity index (χ2v) is 12.8. The van der Waals surface area contributed by atoms with E-state index in [4.69, 9.17) is 9.47 Å². The number of benzene rings is 2. The summed E-state index contributed by atoms with van der Waals surface area (Å²) in [6.45, 7) is 2.87. The molecule has 1 saturated carbocycles. The lowest BCUT2D eigenvalue weighted by atomic mass is 9.86. The molecule has 4 atom stereocenters. The van der Waals surface area contributed by atoms with Crippen LogP contribution in [0.5, 0.6) is 5.75 Å². The van der Waals surface area contributed by atoms with Crippen molar-refractivity contribution in [1.82, 2.24) is 15.2 Å². The summed E-state index contributed by atoms with van der Waals surface area (Å²) in [6.07, 6.45) is 4.84. The third kappa shape index (κ3) is 6.62. The van der Waals surface area contributed by atoms with Crippen molar-refractivity contribution >= 4 is 35.1 Å². The highest BCUT2D eigenvalue weighted by Crippen LogP contribution is 2.41. The first-order valence-corrected chi connectivity index (χ1v) is 15.9. The Kier molecular flexibility index (Phi) is 8.65. The minimum absolute atomic E-state index is 0.0739. The molecule has 44 heavy (non-hydrogen) atoms. The Bertz CT molecular complexity index is 1540. The Balaban J connectivity index is 1.26. The smallest absolute Gasteiger partial charge is 0.335 e. The molecule has 2 saturated heterocycles. The number of amides is 2. The number of carboxylic acid groups (broad SMARTS) is 1. The molecule has 6 rings (SSSR count). The Morgan fingerprint density at radius 1 is 1.11 bits per heavy atom. The van der Waals surface area contributed by atoms with Crippen LogP contribution in [0.15, 0.2) is 54.2 Å². The number of nitrogens with zero attached hydrogens (tertiary/aromatic N) is 2. The predicted octanol–water partition coefficient (Wildman–Crippen LogP) is 4.93. The summed E-state index contributed by atoms with van der Waals surface area (Å²) >= 11 is 1.26. The van der Waals surface area contributed by atoms with Crippen LogP contribution in [-0.2, 0) is 14.3 Å². The maximum absolute atomic E-state index is 13.1. The first-order valence-electron chi connectivity index (χ1n) is 15.0. The maximum atomic E-state index is 13.1. The van der Waals surface area contributed by atoms with Crippen molar-refractivity contribution in [3.05, 3.63) is 81.3 Å². The van der Waals surface area contributed by atoms with Gasteiger partial charge in [0.05, 0.1) is 35.7 Å². The monoisotopic (exact) mass is 617 g/mol. The molecule has 2 amide bonds. The molecule has 0 spiro atoms. The van der Waals surface area contributed by atoms with Gasteiger partial charge in [-0.25, -0.2) is 4.79 Å². The molecule has 0 unspecified atom stereocenters. The minimum atomic E-state index is -1.05. The predicted molar refractivity (Wildman–Crippen MR) is 162 cm³/mol. The molecule has 230 valence electrons. The topological polar surface area (TPSA) is 135 Å². The Hall–Kier alpha value is -4.25. The summed E-state index contributed by atoms with van der Waals surface area (Å²) < 4.78 is 11.6. The normalized spacial score (nSPS) is 21.3. The molecule has 3 aliphatic rings. The number of hydrogen-bond donors (Lipinski definition) is 2. The number of likely N-dealkylation sites (tertiary alicyclic amines) is 1. The van der Waals surface area contributed by atoms with Gasteiger partial charge in [-0.3, -0.25) is 19.4 Å². The Morgan fingerprint density at radius 2 is 1.91 bits per heavy atom. The van der Waals surface area contributed by atoms with Gasteiger partial charge in [-0.2, -0.15) is 0 Å². The van der Waals surface area contributed by atoms with Crippen molar-refractivity contribution in [2.24, 2.45) is 5.92 Å². The van der Waals surface area contributed by atoms with Crippen molar-refractivity contribution < 1.29 is 33.8 Å². The quantitative estimate of drug-likeness (QED) is 0.306. The van der Waals surface area contributed by atoms with E-state index in [9.17, 15) is 24.3 Å². The lowest BCUT2D eigenvalue weighted by Gasteiger charge is -2.35. The van der Waals surface area contributed by atoms with Crippen LogP contribution in [-0.4, -0.2) is 64.5 Å². The van der Waals surface area contributed by atoms with Gasteiger partial charge in [0, 0.05) is 19.0 Å². The van der Waals surface area contributed by atoms with Gasteiger partial charge in [-0.05, 0) is 73.4 Å². The van der Waals surface area contributed by atoms with E-state index in [1.165, 1.54) is 35.9 Å². The molecule has 10 nitrogen and oxygen atoms in total. The Morgan fingerprint density at radius 3 is 2.57 bits per heavy atom. The number of piperidine rings is 1. The fraction of sp³-hybridized carbons (Fsp3) is 0.424. The van der Waals surface area contributed by atoms with Crippen molar-refractivity contribution in [2.75, 3.05) is 19.7 Å². The van der Waals surface area contributed by atoms with Gasteiger partial charge in [0.1, 0.15) is 23.3 Å². The van der Waals surface area contributed by atoms with Gasteiger partial charge in [0.25, 0.3) is 5.91 Å². The zero-order valence-electron chi connectivity index (χ0n) is 24.4. The average Bonchev–Trinajstić information content (AvgIpc) is 3.54. The first-order chi connectivity index (χ1) is 21.3. The summed E-state index contributed by atoms with van der Waals surface area (Å²) in [6, 6.07) is 12.8. The van der Waals surface area contributed by atoms with Crippen molar-refractivity contribution in [2.45, 2.75) is 63.0 Å². The van der Waals surface area contributed by atoms with E-state index in [0.29, 0.717) is 48.0 Å². The highest BCUT2D eigenvalue weighted by Gasteiger charge is 2.36. The molecule has 2 aromatic carbocycles. The van der Waals surface area contributed by atoms with E-state index in [0.717, 1.165) is 5.56 Å². The van der Waals surface area contributed by atoms with Crippen LogP contribution in [0.3, 0.4) is 0 Å². The molecule has 2 aliphatic heterocycles. The number of aromatic carboxylic acids is 1. The molecular formula is C33H35N3O7S. The summed E-state index contributed by atoms with van der Waals surface area (Å²) in [5.41, 5.74) is 4.53. The van der Waals surface area contributed by atoms with Gasteiger partial charge in [-0.15, -0.1) is 11.3 Å². The number of nitrogens with one attached hydrogen (secondary N) is 1. The van der Waals surface area contributed by atoms with Crippen LogP contribution in [0.2, 0.25) is 0 Å². The van der Waals surface area contributed by atoms with Crippen LogP contribution in [0.4, 0.5) is 0 Å². The van der Waals surface area contributed by atoms with Crippen molar-refractivity contribution in [3.8, 4) is 5.75 Å². The molecule has 3 aromatic rings. The van der Waals surface area contributed by atoms with E-state index >= 15 is 0 Å².